The Morgan fingerprint density at radius 2 is 2.13 bits per heavy atom. The van der Waals surface area contributed by atoms with E-state index in [4.69, 9.17) is 4.79 Å². The Labute approximate surface area is 95.0 Å². The van der Waals surface area contributed by atoms with Gasteiger partial charge in [-0.05, 0) is 43.9 Å². The predicted octanol–water partition coefficient (Wildman–Crippen LogP) is 4.37. The highest BCUT2D eigenvalue weighted by Crippen LogP contribution is 2.27. The van der Waals surface area contributed by atoms with Gasteiger partial charge < -0.3 is 4.79 Å². The van der Waals surface area contributed by atoms with Crippen molar-refractivity contribution in [1.29, 1.82) is 0 Å². The summed E-state index contributed by atoms with van der Waals surface area (Å²) in [6, 6.07) is 0. The van der Waals surface area contributed by atoms with Crippen LogP contribution in [0, 0.1) is 11.8 Å². The minimum absolute atomic E-state index is 0.876. The molecule has 0 spiro atoms. The molecule has 0 amide bonds. The molecule has 0 bridgehead atoms. The molecule has 1 aliphatic carbocycles. The summed E-state index contributed by atoms with van der Waals surface area (Å²) >= 11 is 0. The summed E-state index contributed by atoms with van der Waals surface area (Å²) in [4.78, 5) is 8.00. The van der Waals surface area contributed by atoms with Gasteiger partial charge in [-0.3, -0.25) is 0 Å². The van der Waals surface area contributed by atoms with Gasteiger partial charge >= 0.3 is 0 Å². The number of allylic oxidation sites excluding steroid dienone is 2. The molecule has 0 aromatic carbocycles. The quantitative estimate of drug-likeness (QED) is 0.629. The molecule has 0 fully saturated rings. The molecule has 0 aromatic rings. The van der Waals surface area contributed by atoms with Crippen LogP contribution < -0.4 is 0 Å². The topological polar surface area (TPSA) is 17.1 Å². The highest BCUT2D eigenvalue weighted by molar-refractivity contribution is 5.11. The second-order valence-corrected chi connectivity index (χ2v) is 5.04. The summed E-state index contributed by atoms with van der Waals surface area (Å²) in [5.74, 6) is 1.82. The lowest BCUT2D eigenvalue weighted by atomic mass is 9.87. The molecule has 0 saturated heterocycles. The first-order valence-electron chi connectivity index (χ1n) is 6.15. The second kappa shape index (κ2) is 8.70. The molecular weight excluding hydrogens is 184 g/mol. The highest BCUT2D eigenvalue weighted by atomic mass is 16.1. The Kier molecular flexibility index (Phi) is 8.35. The standard InChI is InChI=1S/C13H24.CH2O/c1-11(2)6-4-8-13-9-5-7-12(3)10-13;1-2/h9,11-12H,4-8,10H2,1-3H3;1H2. The van der Waals surface area contributed by atoms with Crippen LogP contribution in [0.3, 0.4) is 0 Å². The highest BCUT2D eigenvalue weighted by Gasteiger charge is 2.10. The molecule has 1 rings (SSSR count). The number of hydrogen-bond donors (Lipinski definition) is 0. The van der Waals surface area contributed by atoms with Crippen molar-refractivity contribution < 1.29 is 4.79 Å². The fourth-order valence-electron chi connectivity index (χ4n) is 2.15. The third kappa shape index (κ3) is 7.35. The van der Waals surface area contributed by atoms with Crippen molar-refractivity contribution in [2.24, 2.45) is 11.8 Å². The summed E-state index contributed by atoms with van der Waals surface area (Å²) in [6.45, 7) is 9.02. The molecule has 0 saturated carbocycles. The molecular formula is C14H26O. The average molecular weight is 210 g/mol. The van der Waals surface area contributed by atoms with Crippen LogP contribution in [0.4, 0.5) is 0 Å². The number of carbonyl (C=O) groups excluding carboxylic acids is 1. The fraction of sp³-hybridized carbons (Fsp3) is 0.786. The molecule has 1 unspecified atom stereocenters. The van der Waals surface area contributed by atoms with E-state index in [0.717, 1.165) is 11.8 Å². The zero-order valence-electron chi connectivity index (χ0n) is 10.6. The maximum atomic E-state index is 8.00. The molecule has 1 atom stereocenters. The number of carbonyl (C=O) groups is 1. The number of hydrogen-bond acceptors (Lipinski definition) is 1. The lowest BCUT2D eigenvalue weighted by molar-refractivity contribution is -0.0979. The van der Waals surface area contributed by atoms with Gasteiger partial charge in [0.25, 0.3) is 0 Å². The Hall–Kier alpha value is -0.590. The third-order valence-electron chi connectivity index (χ3n) is 2.98. The minimum Gasteiger partial charge on any atom is -0.307 e. The summed E-state index contributed by atoms with van der Waals surface area (Å²) in [7, 11) is 0. The minimum atomic E-state index is 0.876. The van der Waals surface area contributed by atoms with E-state index in [0.29, 0.717) is 0 Å². The van der Waals surface area contributed by atoms with E-state index in [1.54, 1.807) is 5.57 Å². The largest absolute Gasteiger partial charge is 0.307 e. The molecule has 0 heterocycles. The smallest absolute Gasteiger partial charge is 0.106 e. The van der Waals surface area contributed by atoms with Crippen LogP contribution in [0.2, 0.25) is 0 Å². The monoisotopic (exact) mass is 210 g/mol. The van der Waals surface area contributed by atoms with Gasteiger partial charge in [-0.2, -0.15) is 0 Å². The van der Waals surface area contributed by atoms with E-state index in [1.165, 1.54) is 38.5 Å². The van der Waals surface area contributed by atoms with Crippen molar-refractivity contribution in [3.05, 3.63) is 11.6 Å². The fourth-order valence-corrected chi connectivity index (χ4v) is 2.15. The number of rotatable bonds is 4. The van der Waals surface area contributed by atoms with Gasteiger partial charge in [-0.25, -0.2) is 0 Å². The van der Waals surface area contributed by atoms with E-state index in [1.807, 2.05) is 6.79 Å². The van der Waals surface area contributed by atoms with Crippen molar-refractivity contribution in [1.82, 2.24) is 0 Å². The van der Waals surface area contributed by atoms with Gasteiger partial charge in [-0.15, -0.1) is 0 Å². The molecule has 88 valence electrons. The zero-order valence-corrected chi connectivity index (χ0v) is 10.6. The van der Waals surface area contributed by atoms with Crippen LogP contribution in [0.1, 0.15) is 59.3 Å². The Morgan fingerprint density at radius 3 is 2.67 bits per heavy atom. The molecule has 0 N–H and O–H groups in total. The second-order valence-electron chi connectivity index (χ2n) is 5.04. The molecule has 0 aromatic heterocycles. The lowest BCUT2D eigenvalue weighted by Gasteiger charge is -2.19. The predicted molar refractivity (Wildman–Crippen MR) is 66.9 cm³/mol. The van der Waals surface area contributed by atoms with Crippen LogP contribution in [0.15, 0.2) is 11.6 Å². The van der Waals surface area contributed by atoms with E-state index in [9.17, 15) is 0 Å². The van der Waals surface area contributed by atoms with E-state index < -0.39 is 0 Å². The van der Waals surface area contributed by atoms with Crippen molar-refractivity contribution in [3.63, 3.8) is 0 Å². The third-order valence-corrected chi connectivity index (χ3v) is 2.98. The van der Waals surface area contributed by atoms with Crippen molar-refractivity contribution in [2.75, 3.05) is 0 Å². The first-order valence-corrected chi connectivity index (χ1v) is 6.15. The van der Waals surface area contributed by atoms with Gasteiger partial charge in [0.1, 0.15) is 6.79 Å². The summed E-state index contributed by atoms with van der Waals surface area (Å²) < 4.78 is 0. The van der Waals surface area contributed by atoms with E-state index in [-0.39, 0.29) is 0 Å². The van der Waals surface area contributed by atoms with Crippen LogP contribution in [-0.2, 0) is 4.79 Å². The zero-order chi connectivity index (χ0) is 11.7. The molecule has 0 radical (unpaired) electrons. The van der Waals surface area contributed by atoms with Crippen molar-refractivity contribution in [3.8, 4) is 0 Å². The maximum absolute atomic E-state index is 8.00. The van der Waals surface area contributed by atoms with Crippen LogP contribution >= 0.6 is 0 Å². The first kappa shape index (κ1) is 14.4. The lowest BCUT2D eigenvalue weighted by Crippen LogP contribution is -2.02. The molecule has 1 nitrogen and oxygen atoms in total. The van der Waals surface area contributed by atoms with Crippen molar-refractivity contribution in [2.45, 2.75) is 59.3 Å². The Morgan fingerprint density at radius 1 is 1.47 bits per heavy atom. The van der Waals surface area contributed by atoms with Gasteiger partial charge in [0.05, 0.1) is 0 Å². The van der Waals surface area contributed by atoms with Gasteiger partial charge in [0.15, 0.2) is 0 Å². The Balaban J connectivity index is 0.000000921. The van der Waals surface area contributed by atoms with Crippen LogP contribution in [0.25, 0.3) is 0 Å². The van der Waals surface area contributed by atoms with Gasteiger partial charge in [0, 0.05) is 0 Å². The summed E-state index contributed by atoms with van der Waals surface area (Å²) in [6.07, 6.45) is 10.8. The molecule has 1 aliphatic rings. The Bertz CT molecular complexity index is 182. The first-order chi connectivity index (χ1) is 7.18. The SMILES string of the molecule is C=O.CC(C)CCCC1=CCCC(C)C1. The van der Waals surface area contributed by atoms with E-state index in [2.05, 4.69) is 26.8 Å². The van der Waals surface area contributed by atoms with Crippen LogP contribution in [0.5, 0.6) is 0 Å². The normalized spacial score (nSPS) is 20.5. The average Bonchev–Trinajstić information content (AvgIpc) is 2.20. The molecule has 0 aliphatic heterocycles. The maximum Gasteiger partial charge on any atom is 0.106 e. The molecule has 1 heteroatoms. The molecule has 15 heavy (non-hydrogen) atoms. The van der Waals surface area contributed by atoms with E-state index >= 15 is 0 Å². The summed E-state index contributed by atoms with van der Waals surface area (Å²) in [5.41, 5.74) is 1.74. The van der Waals surface area contributed by atoms with Gasteiger partial charge in [-0.1, -0.05) is 38.8 Å². The summed E-state index contributed by atoms with van der Waals surface area (Å²) in [5, 5.41) is 0. The van der Waals surface area contributed by atoms with Gasteiger partial charge in [0.2, 0.25) is 0 Å². The van der Waals surface area contributed by atoms with Crippen LogP contribution in [-0.4, -0.2) is 6.79 Å². The van der Waals surface area contributed by atoms with Crippen molar-refractivity contribution >= 4 is 6.79 Å².